The second kappa shape index (κ2) is 5.00. The van der Waals surface area contributed by atoms with Crippen LogP contribution in [-0.4, -0.2) is 18.1 Å². The van der Waals surface area contributed by atoms with Gasteiger partial charge in [-0.2, -0.15) is 0 Å². The van der Waals surface area contributed by atoms with E-state index in [4.69, 9.17) is 16.3 Å². The molecule has 0 aromatic rings. The number of alkyl halides is 1. The van der Waals surface area contributed by atoms with Gasteiger partial charge in [0.1, 0.15) is 0 Å². The van der Waals surface area contributed by atoms with Crippen molar-refractivity contribution in [1.29, 1.82) is 0 Å². The summed E-state index contributed by atoms with van der Waals surface area (Å²) in [5.74, 6) is 1.30. The largest absolute Gasteiger partial charge is 0.376 e. The summed E-state index contributed by atoms with van der Waals surface area (Å²) >= 11 is 5.65. The maximum Gasteiger partial charge on any atom is 0.0598 e. The van der Waals surface area contributed by atoms with Crippen LogP contribution >= 0.6 is 11.6 Å². The van der Waals surface area contributed by atoms with Crippen molar-refractivity contribution in [2.75, 3.05) is 12.5 Å². The van der Waals surface area contributed by atoms with Crippen LogP contribution in [0, 0.1) is 5.92 Å². The summed E-state index contributed by atoms with van der Waals surface area (Å²) in [7, 11) is 0. The van der Waals surface area contributed by atoms with E-state index in [1.54, 1.807) is 0 Å². The Morgan fingerprint density at radius 3 is 2.27 bits per heavy atom. The van der Waals surface area contributed by atoms with E-state index in [9.17, 15) is 0 Å². The third-order valence-corrected chi connectivity index (χ3v) is 1.94. The summed E-state index contributed by atoms with van der Waals surface area (Å²) in [6.07, 6.45) is 1.06. The first-order valence-corrected chi connectivity index (χ1v) is 4.69. The third kappa shape index (κ3) is 8.15. The smallest absolute Gasteiger partial charge is 0.0598 e. The highest BCUT2D eigenvalue weighted by Gasteiger charge is 2.10. The van der Waals surface area contributed by atoms with Crippen LogP contribution in [-0.2, 0) is 4.74 Å². The Bertz CT molecular complexity index is 96.2. The molecule has 0 aliphatic rings. The van der Waals surface area contributed by atoms with Gasteiger partial charge >= 0.3 is 0 Å². The molecule has 0 fully saturated rings. The van der Waals surface area contributed by atoms with Crippen molar-refractivity contribution in [3.63, 3.8) is 0 Å². The van der Waals surface area contributed by atoms with Gasteiger partial charge in [-0.3, -0.25) is 0 Å². The molecule has 0 aliphatic heterocycles. The standard InChI is InChI=1S/C9H19ClO/c1-8(7-10)5-6-11-9(2,3)4/h8H,5-7H2,1-4H3. The molecule has 1 nitrogen and oxygen atoms in total. The molecule has 0 spiro atoms. The lowest BCUT2D eigenvalue weighted by Crippen LogP contribution is -2.20. The van der Waals surface area contributed by atoms with Crippen LogP contribution in [0.15, 0.2) is 0 Å². The number of rotatable bonds is 4. The van der Waals surface area contributed by atoms with Gasteiger partial charge in [0.15, 0.2) is 0 Å². The summed E-state index contributed by atoms with van der Waals surface area (Å²) in [4.78, 5) is 0. The van der Waals surface area contributed by atoms with Crippen LogP contribution < -0.4 is 0 Å². The highest BCUT2D eigenvalue weighted by atomic mass is 35.5. The van der Waals surface area contributed by atoms with Gasteiger partial charge in [0.2, 0.25) is 0 Å². The molecule has 0 aromatic carbocycles. The van der Waals surface area contributed by atoms with Crippen molar-refractivity contribution in [3.8, 4) is 0 Å². The molecule has 0 amide bonds. The Balaban J connectivity index is 3.28. The fraction of sp³-hybridized carbons (Fsp3) is 1.00. The highest BCUT2D eigenvalue weighted by Crippen LogP contribution is 2.10. The van der Waals surface area contributed by atoms with E-state index in [1.165, 1.54) is 0 Å². The minimum Gasteiger partial charge on any atom is -0.376 e. The molecule has 11 heavy (non-hydrogen) atoms. The van der Waals surface area contributed by atoms with E-state index >= 15 is 0 Å². The highest BCUT2D eigenvalue weighted by molar-refractivity contribution is 6.18. The normalized spacial score (nSPS) is 15.0. The summed E-state index contributed by atoms with van der Waals surface area (Å²) in [6, 6.07) is 0. The molecule has 0 heterocycles. The lowest BCUT2D eigenvalue weighted by Gasteiger charge is -2.20. The molecular weight excluding hydrogens is 160 g/mol. The zero-order valence-corrected chi connectivity index (χ0v) is 8.74. The van der Waals surface area contributed by atoms with Crippen LogP contribution in [0.1, 0.15) is 34.1 Å². The van der Waals surface area contributed by atoms with Crippen molar-refractivity contribution in [1.82, 2.24) is 0 Å². The SMILES string of the molecule is CC(CCl)CCOC(C)(C)C. The summed E-state index contributed by atoms with van der Waals surface area (Å²) in [5, 5.41) is 0. The zero-order chi connectivity index (χ0) is 8.91. The monoisotopic (exact) mass is 178 g/mol. The van der Waals surface area contributed by atoms with Crippen molar-refractivity contribution >= 4 is 11.6 Å². The van der Waals surface area contributed by atoms with Crippen LogP contribution in [0.25, 0.3) is 0 Å². The molecule has 0 saturated heterocycles. The summed E-state index contributed by atoms with van der Waals surface area (Å²) in [5.41, 5.74) is -0.00790. The average molecular weight is 179 g/mol. The van der Waals surface area contributed by atoms with E-state index in [0.29, 0.717) is 5.92 Å². The van der Waals surface area contributed by atoms with Gasteiger partial charge in [-0.1, -0.05) is 6.92 Å². The van der Waals surface area contributed by atoms with Crippen LogP contribution in [0.5, 0.6) is 0 Å². The van der Waals surface area contributed by atoms with Crippen molar-refractivity contribution in [3.05, 3.63) is 0 Å². The molecule has 0 saturated carbocycles. The molecular formula is C9H19ClO. The van der Waals surface area contributed by atoms with Crippen LogP contribution in [0.3, 0.4) is 0 Å². The second-order valence-electron chi connectivity index (χ2n) is 4.01. The molecule has 0 N–H and O–H groups in total. The molecule has 0 aliphatic carbocycles. The molecule has 0 rings (SSSR count). The van der Waals surface area contributed by atoms with E-state index in [2.05, 4.69) is 27.7 Å². The fourth-order valence-electron chi connectivity index (χ4n) is 0.643. The topological polar surface area (TPSA) is 9.23 Å². The predicted octanol–water partition coefficient (Wildman–Crippen LogP) is 3.07. The first kappa shape index (κ1) is 11.2. The minimum atomic E-state index is -0.00790. The van der Waals surface area contributed by atoms with Gasteiger partial charge in [0.25, 0.3) is 0 Å². The number of hydrogen-bond donors (Lipinski definition) is 0. The summed E-state index contributed by atoms with van der Waals surface area (Å²) in [6.45, 7) is 9.16. The van der Waals surface area contributed by atoms with Gasteiger partial charge < -0.3 is 4.74 Å². The zero-order valence-electron chi connectivity index (χ0n) is 7.98. The molecule has 0 bridgehead atoms. The van der Waals surface area contributed by atoms with Crippen molar-refractivity contribution < 1.29 is 4.74 Å². The Morgan fingerprint density at radius 1 is 1.36 bits per heavy atom. The average Bonchev–Trinajstić information content (AvgIpc) is 1.85. The Hall–Kier alpha value is 0.250. The quantitative estimate of drug-likeness (QED) is 0.602. The van der Waals surface area contributed by atoms with Gasteiger partial charge in [0.05, 0.1) is 5.60 Å². The molecule has 1 atom stereocenters. The van der Waals surface area contributed by atoms with Crippen LogP contribution in [0.4, 0.5) is 0 Å². The van der Waals surface area contributed by atoms with Crippen LogP contribution in [0.2, 0.25) is 0 Å². The molecule has 0 radical (unpaired) electrons. The van der Waals surface area contributed by atoms with E-state index in [0.717, 1.165) is 18.9 Å². The third-order valence-electron chi connectivity index (χ3n) is 1.41. The van der Waals surface area contributed by atoms with Crippen molar-refractivity contribution in [2.24, 2.45) is 5.92 Å². The Morgan fingerprint density at radius 2 is 1.91 bits per heavy atom. The first-order valence-electron chi connectivity index (χ1n) is 4.15. The predicted molar refractivity (Wildman–Crippen MR) is 50.2 cm³/mol. The lowest BCUT2D eigenvalue weighted by atomic mass is 10.1. The van der Waals surface area contributed by atoms with Gasteiger partial charge in [-0.15, -0.1) is 11.6 Å². The minimum absolute atomic E-state index is 0.00790. The summed E-state index contributed by atoms with van der Waals surface area (Å²) < 4.78 is 5.54. The van der Waals surface area contributed by atoms with Gasteiger partial charge in [-0.05, 0) is 33.1 Å². The molecule has 0 aromatic heterocycles. The van der Waals surface area contributed by atoms with Gasteiger partial charge in [0, 0.05) is 12.5 Å². The molecule has 68 valence electrons. The number of halogens is 1. The van der Waals surface area contributed by atoms with E-state index in [1.807, 2.05) is 0 Å². The maximum absolute atomic E-state index is 5.65. The lowest BCUT2D eigenvalue weighted by molar-refractivity contribution is -0.00762. The Labute approximate surface area is 75.1 Å². The first-order chi connectivity index (χ1) is 4.95. The van der Waals surface area contributed by atoms with Crippen molar-refractivity contribution in [2.45, 2.75) is 39.7 Å². The van der Waals surface area contributed by atoms with E-state index in [-0.39, 0.29) is 5.60 Å². The Kier molecular flexibility index (Phi) is 5.11. The fourth-order valence-corrected chi connectivity index (χ4v) is 0.798. The second-order valence-corrected chi connectivity index (χ2v) is 4.32. The maximum atomic E-state index is 5.65. The van der Waals surface area contributed by atoms with E-state index < -0.39 is 0 Å². The molecule has 1 unspecified atom stereocenters. The van der Waals surface area contributed by atoms with Gasteiger partial charge in [-0.25, -0.2) is 0 Å². The molecule has 2 heteroatoms. The number of ether oxygens (including phenoxy) is 1. The number of hydrogen-bond acceptors (Lipinski definition) is 1.